The first kappa shape index (κ1) is 14.2. The van der Waals surface area contributed by atoms with Crippen LogP contribution >= 0.6 is 0 Å². The normalized spacial score (nSPS) is 15.1. The van der Waals surface area contributed by atoms with Crippen molar-refractivity contribution in [2.24, 2.45) is 0 Å². The van der Waals surface area contributed by atoms with E-state index < -0.39 is 0 Å². The van der Waals surface area contributed by atoms with E-state index in [4.69, 9.17) is 0 Å². The largest absolute Gasteiger partial charge is 0.369 e. The molecular weight excluding hydrogens is 256 g/mol. The van der Waals surface area contributed by atoms with E-state index in [0.717, 1.165) is 13.1 Å². The number of likely N-dealkylation sites (N-methyl/N-ethyl adjacent to an activating group) is 1. The Kier molecular flexibility index (Phi) is 3.98. The second-order valence-corrected chi connectivity index (χ2v) is 6.03. The summed E-state index contributed by atoms with van der Waals surface area (Å²) in [6, 6.07) is 15.9. The van der Waals surface area contributed by atoms with Gasteiger partial charge in [0, 0.05) is 24.8 Å². The molecule has 1 unspecified atom stereocenters. The molecule has 1 atom stereocenters. The van der Waals surface area contributed by atoms with E-state index in [0.29, 0.717) is 6.04 Å². The molecule has 3 rings (SSSR count). The molecule has 0 spiro atoms. The number of benzene rings is 2. The first-order valence-corrected chi connectivity index (χ1v) is 7.76. The van der Waals surface area contributed by atoms with E-state index in [9.17, 15) is 0 Å². The highest BCUT2D eigenvalue weighted by Crippen LogP contribution is 2.30. The predicted octanol–water partition coefficient (Wildman–Crippen LogP) is 3.63. The molecule has 1 aliphatic rings. The Morgan fingerprint density at radius 1 is 1.14 bits per heavy atom. The van der Waals surface area contributed by atoms with Crippen LogP contribution in [0.5, 0.6) is 0 Å². The molecule has 1 aliphatic heterocycles. The maximum Gasteiger partial charge on any atom is 0.0498 e. The molecule has 0 fully saturated rings. The number of nitrogens with zero attached hydrogens (tertiary/aromatic N) is 1. The van der Waals surface area contributed by atoms with Gasteiger partial charge in [-0.25, -0.2) is 0 Å². The Morgan fingerprint density at radius 2 is 1.95 bits per heavy atom. The highest BCUT2D eigenvalue weighted by Gasteiger charge is 2.22. The molecule has 0 aromatic heterocycles. The molecule has 0 saturated carbocycles. The van der Waals surface area contributed by atoms with Crippen LogP contribution < -0.4 is 10.2 Å². The van der Waals surface area contributed by atoms with Crippen LogP contribution in [0.25, 0.3) is 0 Å². The lowest BCUT2D eigenvalue weighted by Gasteiger charge is -2.27. The highest BCUT2D eigenvalue weighted by molar-refractivity contribution is 5.58. The van der Waals surface area contributed by atoms with Crippen LogP contribution in [-0.4, -0.2) is 20.1 Å². The summed E-state index contributed by atoms with van der Waals surface area (Å²) in [5.74, 6) is 0. The summed E-state index contributed by atoms with van der Waals surface area (Å²) in [4.78, 5) is 2.51. The van der Waals surface area contributed by atoms with Gasteiger partial charge in [-0.3, -0.25) is 0 Å². The minimum atomic E-state index is 0.371. The van der Waals surface area contributed by atoms with E-state index >= 15 is 0 Å². The topological polar surface area (TPSA) is 15.3 Å². The lowest BCUT2D eigenvalue weighted by Crippen LogP contribution is -2.33. The number of fused-ring (bicyclic) bond motifs is 1. The zero-order chi connectivity index (χ0) is 14.8. The third kappa shape index (κ3) is 2.81. The predicted molar refractivity (Wildman–Crippen MR) is 90.1 cm³/mol. The van der Waals surface area contributed by atoms with Crippen molar-refractivity contribution in [2.75, 3.05) is 25.0 Å². The fourth-order valence-corrected chi connectivity index (χ4v) is 3.30. The molecule has 0 saturated heterocycles. The summed E-state index contributed by atoms with van der Waals surface area (Å²) in [7, 11) is 2.06. The summed E-state index contributed by atoms with van der Waals surface area (Å²) >= 11 is 0. The van der Waals surface area contributed by atoms with E-state index in [1.807, 2.05) is 0 Å². The number of nitrogens with one attached hydrogen (secondary N) is 1. The molecule has 2 heteroatoms. The first-order chi connectivity index (χ1) is 10.2. The molecule has 1 heterocycles. The van der Waals surface area contributed by atoms with Crippen molar-refractivity contribution in [3.05, 3.63) is 64.7 Å². The minimum absolute atomic E-state index is 0.371. The zero-order valence-corrected chi connectivity index (χ0v) is 13.2. The van der Waals surface area contributed by atoms with Crippen molar-refractivity contribution in [1.82, 2.24) is 5.32 Å². The monoisotopic (exact) mass is 280 g/mol. The standard InChI is InChI=1S/C19H24N2/c1-14-8-9-15(2)17(12-14)18(20-3)13-21-11-10-16-6-4-5-7-19(16)21/h4-9,12,18,20H,10-11,13H2,1-3H3. The lowest BCUT2D eigenvalue weighted by atomic mass is 9.98. The Labute approximate surface area is 127 Å². The van der Waals surface area contributed by atoms with E-state index in [1.165, 1.54) is 34.4 Å². The number of anilines is 1. The van der Waals surface area contributed by atoms with Gasteiger partial charge < -0.3 is 10.2 Å². The summed E-state index contributed by atoms with van der Waals surface area (Å²) in [5.41, 5.74) is 7.00. The van der Waals surface area contributed by atoms with Gasteiger partial charge in [-0.05, 0) is 50.1 Å². The van der Waals surface area contributed by atoms with Gasteiger partial charge in [0.1, 0.15) is 0 Å². The molecule has 0 aliphatic carbocycles. The smallest absolute Gasteiger partial charge is 0.0498 e. The number of hydrogen-bond donors (Lipinski definition) is 1. The van der Waals surface area contributed by atoms with Gasteiger partial charge in [-0.1, -0.05) is 42.0 Å². The van der Waals surface area contributed by atoms with Crippen LogP contribution in [-0.2, 0) is 6.42 Å². The quantitative estimate of drug-likeness (QED) is 0.920. The highest BCUT2D eigenvalue weighted by atomic mass is 15.2. The van der Waals surface area contributed by atoms with E-state index in [1.54, 1.807) is 0 Å². The van der Waals surface area contributed by atoms with Crippen LogP contribution in [0.2, 0.25) is 0 Å². The molecule has 1 N–H and O–H groups in total. The Morgan fingerprint density at radius 3 is 2.76 bits per heavy atom. The maximum absolute atomic E-state index is 3.50. The van der Waals surface area contributed by atoms with Crippen molar-refractivity contribution in [3.63, 3.8) is 0 Å². The minimum Gasteiger partial charge on any atom is -0.369 e. The number of para-hydroxylation sites is 1. The van der Waals surface area contributed by atoms with Crippen molar-refractivity contribution in [2.45, 2.75) is 26.3 Å². The third-order valence-corrected chi connectivity index (χ3v) is 4.54. The summed E-state index contributed by atoms with van der Waals surface area (Å²) in [5, 5.41) is 3.50. The average molecular weight is 280 g/mol. The van der Waals surface area contributed by atoms with Crippen LogP contribution in [0, 0.1) is 13.8 Å². The summed E-state index contributed by atoms with van der Waals surface area (Å²) < 4.78 is 0. The second kappa shape index (κ2) is 5.90. The van der Waals surface area contributed by atoms with Crippen molar-refractivity contribution in [3.8, 4) is 0 Å². The summed E-state index contributed by atoms with van der Waals surface area (Å²) in [6.07, 6.45) is 1.17. The summed E-state index contributed by atoms with van der Waals surface area (Å²) in [6.45, 7) is 6.53. The van der Waals surface area contributed by atoms with E-state index in [-0.39, 0.29) is 0 Å². The van der Waals surface area contributed by atoms with Gasteiger partial charge >= 0.3 is 0 Å². The van der Waals surface area contributed by atoms with Crippen LogP contribution in [0.15, 0.2) is 42.5 Å². The van der Waals surface area contributed by atoms with Gasteiger partial charge in [0.15, 0.2) is 0 Å². The molecule has 2 nitrogen and oxygen atoms in total. The molecule has 0 amide bonds. The Bertz CT molecular complexity index is 633. The Hall–Kier alpha value is -1.80. The molecule has 110 valence electrons. The number of hydrogen-bond acceptors (Lipinski definition) is 2. The van der Waals surface area contributed by atoms with Crippen molar-refractivity contribution >= 4 is 5.69 Å². The molecule has 0 bridgehead atoms. The molecule has 2 aromatic rings. The van der Waals surface area contributed by atoms with Crippen molar-refractivity contribution in [1.29, 1.82) is 0 Å². The fourth-order valence-electron chi connectivity index (χ4n) is 3.30. The van der Waals surface area contributed by atoms with E-state index in [2.05, 4.69) is 73.6 Å². The van der Waals surface area contributed by atoms with Gasteiger partial charge in [-0.15, -0.1) is 0 Å². The van der Waals surface area contributed by atoms with Crippen LogP contribution in [0.4, 0.5) is 5.69 Å². The second-order valence-electron chi connectivity index (χ2n) is 6.03. The molecule has 0 radical (unpaired) electrons. The molecule has 2 aromatic carbocycles. The van der Waals surface area contributed by atoms with Crippen LogP contribution in [0.1, 0.15) is 28.3 Å². The van der Waals surface area contributed by atoms with Gasteiger partial charge in [0.25, 0.3) is 0 Å². The molecular formula is C19H24N2. The van der Waals surface area contributed by atoms with Crippen molar-refractivity contribution < 1.29 is 0 Å². The molecule has 21 heavy (non-hydrogen) atoms. The first-order valence-electron chi connectivity index (χ1n) is 7.76. The Balaban J connectivity index is 1.84. The fraction of sp³-hybridized carbons (Fsp3) is 0.368. The lowest BCUT2D eigenvalue weighted by molar-refractivity contribution is 0.576. The zero-order valence-electron chi connectivity index (χ0n) is 13.2. The average Bonchev–Trinajstić information content (AvgIpc) is 2.91. The maximum atomic E-state index is 3.50. The van der Waals surface area contributed by atoms with Gasteiger partial charge in [0.2, 0.25) is 0 Å². The number of aryl methyl sites for hydroxylation is 2. The third-order valence-electron chi connectivity index (χ3n) is 4.54. The van der Waals surface area contributed by atoms with Gasteiger partial charge in [0.05, 0.1) is 0 Å². The van der Waals surface area contributed by atoms with Crippen LogP contribution in [0.3, 0.4) is 0 Å². The number of rotatable bonds is 4. The SMILES string of the molecule is CNC(CN1CCc2ccccc21)c1cc(C)ccc1C. The van der Waals surface area contributed by atoms with Gasteiger partial charge in [-0.2, -0.15) is 0 Å².